The highest BCUT2D eigenvalue weighted by Gasteiger charge is 2.25. The third-order valence-electron chi connectivity index (χ3n) is 3.43. The fourth-order valence-electron chi connectivity index (χ4n) is 2.42. The summed E-state index contributed by atoms with van der Waals surface area (Å²) < 4.78 is 13.1. The van der Waals surface area contributed by atoms with Crippen molar-refractivity contribution < 1.29 is 9.18 Å². The van der Waals surface area contributed by atoms with Crippen molar-refractivity contribution in [3.63, 3.8) is 0 Å². The van der Waals surface area contributed by atoms with Crippen LogP contribution < -0.4 is 10.2 Å². The number of halogens is 1. The Morgan fingerprint density at radius 3 is 2.90 bits per heavy atom. The predicted octanol–water partition coefficient (Wildman–Crippen LogP) is 3.29. The lowest BCUT2D eigenvalue weighted by Crippen LogP contribution is -2.33. The van der Waals surface area contributed by atoms with Crippen LogP contribution in [0.25, 0.3) is 0 Å². The molecule has 1 aliphatic rings. The number of hydrogen-bond acceptors (Lipinski definition) is 2. The van der Waals surface area contributed by atoms with Crippen molar-refractivity contribution in [3.8, 4) is 6.07 Å². The molecule has 5 heteroatoms. The minimum atomic E-state index is -0.401. The molecule has 1 N–H and O–H groups in total. The molecule has 0 saturated carbocycles. The average molecular weight is 281 g/mol. The highest BCUT2D eigenvalue weighted by atomic mass is 19.1. The maximum atomic E-state index is 13.1. The maximum absolute atomic E-state index is 13.1. The Hall–Kier alpha value is -2.87. The monoisotopic (exact) mass is 281 g/mol. The molecule has 2 aromatic carbocycles. The summed E-state index contributed by atoms with van der Waals surface area (Å²) >= 11 is 0. The molecule has 2 amide bonds. The number of anilines is 2. The standard InChI is InChI=1S/C16H12FN3O/c17-13-2-1-3-14(9-13)19-16(21)20-7-6-12-5-4-11(10-18)8-15(12)20/h1-5,8-9H,6-7H2,(H,19,21). The van der Waals surface area contributed by atoms with Gasteiger partial charge in [0, 0.05) is 17.9 Å². The summed E-state index contributed by atoms with van der Waals surface area (Å²) in [5, 5.41) is 11.6. The Bertz CT molecular complexity index is 751. The molecule has 3 rings (SSSR count). The van der Waals surface area contributed by atoms with Crippen LogP contribution in [0.3, 0.4) is 0 Å². The molecule has 0 fully saturated rings. The quantitative estimate of drug-likeness (QED) is 0.872. The van der Waals surface area contributed by atoms with Crippen LogP contribution in [0.1, 0.15) is 11.1 Å². The molecule has 21 heavy (non-hydrogen) atoms. The van der Waals surface area contributed by atoms with E-state index in [1.165, 1.54) is 18.2 Å². The van der Waals surface area contributed by atoms with E-state index in [1.54, 1.807) is 23.1 Å². The summed E-state index contributed by atoms with van der Waals surface area (Å²) in [7, 11) is 0. The highest BCUT2D eigenvalue weighted by Crippen LogP contribution is 2.29. The Balaban J connectivity index is 1.83. The second kappa shape index (κ2) is 5.25. The molecule has 1 heterocycles. The van der Waals surface area contributed by atoms with Gasteiger partial charge in [0.05, 0.1) is 11.6 Å². The second-order valence-corrected chi connectivity index (χ2v) is 4.80. The molecule has 4 nitrogen and oxygen atoms in total. The zero-order chi connectivity index (χ0) is 14.8. The summed E-state index contributed by atoms with van der Waals surface area (Å²) in [4.78, 5) is 13.9. The third kappa shape index (κ3) is 2.56. The van der Waals surface area contributed by atoms with Crippen LogP contribution in [0.15, 0.2) is 42.5 Å². The second-order valence-electron chi connectivity index (χ2n) is 4.80. The van der Waals surface area contributed by atoms with Gasteiger partial charge in [-0.1, -0.05) is 12.1 Å². The first-order valence-electron chi connectivity index (χ1n) is 6.54. The average Bonchev–Trinajstić information content (AvgIpc) is 2.90. The fraction of sp³-hybridized carbons (Fsp3) is 0.125. The van der Waals surface area contributed by atoms with E-state index in [9.17, 15) is 9.18 Å². The van der Waals surface area contributed by atoms with Crippen molar-refractivity contribution in [2.75, 3.05) is 16.8 Å². The van der Waals surface area contributed by atoms with E-state index >= 15 is 0 Å². The van der Waals surface area contributed by atoms with Crippen molar-refractivity contribution in [1.82, 2.24) is 0 Å². The minimum absolute atomic E-state index is 0.325. The van der Waals surface area contributed by atoms with E-state index in [4.69, 9.17) is 5.26 Å². The molecule has 2 aromatic rings. The molecule has 0 aromatic heterocycles. The third-order valence-corrected chi connectivity index (χ3v) is 3.43. The van der Waals surface area contributed by atoms with Gasteiger partial charge in [-0.3, -0.25) is 4.90 Å². The van der Waals surface area contributed by atoms with E-state index in [0.29, 0.717) is 17.8 Å². The first kappa shape index (κ1) is 13.1. The minimum Gasteiger partial charge on any atom is -0.307 e. The Labute approximate surface area is 121 Å². The number of nitrogens with zero attached hydrogens (tertiary/aromatic N) is 2. The van der Waals surface area contributed by atoms with Gasteiger partial charge in [0.15, 0.2) is 0 Å². The van der Waals surface area contributed by atoms with E-state index < -0.39 is 5.82 Å². The predicted molar refractivity (Wildman–Crippen MR) is 77.6 cm³/mol. The molecule has 104 valence electrons. The topological polar surface area (TPSA) is 56.1 Å². The zero-order valence-electron chi connectivity index (χ0n) is 11.1. The summed E-state index contributed by atoms with van der Waals surface area (Å²) in [6.45, 7) is 0.547. The van der Waals surface area contributed by atoms with Crippen molar-refractivity contribution in [2.24, 2.45) is 0 Å². The van der Waals surface area contributed by atoms with E-state index in [2.05, 4.69) is 11.4 Å². The molecule has 0 spiro atoms. The van der Waals surface area contributed by atoms with Crippen LogP contribution in [-0.2, 0) is 6.42 Å². The van der Waals surface area contributed by atoms with Crippen LogP contribution >= 0.6 is 0 Å². The van der Waals surface area contributed by atoms with Gasteiger partial charge in [-0.2, -0.15) is 5.26 Å². The smallest absolute Gasteiger partial charge is 0.307 e. The molecule has 0 saturated heterocycles. The summed E-state index contributed by atoms with van der Waals surface area (Å²) in [5.41, 5.74) is 2.69. The van der Waals surface area contributed by atoms with E-state index in [0.717, 1.165) is 17.7 Å². The van der Waals surface area contributed by atoms with Crippen LogP contribution in [-0.4, -0.2) is 12.6 Å². The summed E-state index contributed by atoms with van der Waals surface area (Å²) in [6.07, 6.45) is 0.748. The Kier molecular flexibility index (Phi) is 3.28. The van der Waals surface area contributed by atoms with Gasteiger partial charge in [0.1, 0.15) is 5.82 Å². The number of urea groups is 1. The van der Waals surface area contributed by atoms with Crippen LogP contribution in [0.2, 0.25) is 0 Å². The highest BCUT2D eigenvalue weighted by molar-refractivity contribution is 6.03. The molecular weight excluding hydrogens is 269 g/mol. The van der Waals surface area contributed by atoms with Gasteiger partial charge in [-0.25, -0.2) is 9.18 Å². The maximum Gasteiger partial charge on any atom is 0.326 e. The van der Waals surface area contributed by atoms with Crippen LogP contribution in [0.5, 0.6) is 0 Å². The zero-order valence-corrected chi connectivity index (χ0v) is 11.1. The lowest BCUT2D eigenvalue weighted by Gasteiger charge is -2.18. The van der Waals surface area contributed by atoms with Gasteiger partial charge >= 0.3 is 6.03 Å². The normalized spacial score (nSPS) is 12.7. The first-order chi connectivity index (χ1) is 10.2. The van der Waals surface area contributed by atoms with Gasteiger partial charge < -0.3 is 5.32 Å². The Morgan fingerprint density at radius 1 is 1.29 bits per heavy atom. The van der Waals surface area contributed by atoms with Gasteiger partial charge in [0.25, 0.3) is 0 Å². The number of carbonyl (C=O) groups excluding carboxylic acids is 1. The molecule has 0 aliphatic carbocycles. The van der Waals surface area contributed by atoms with Crippen LogP contribution in [0, 0.1) is 17.1 Å². The fourth-order valence-corrected chi connectivity index (χ4v) is 2.42. The number of amides is 2. The summed E-state index contributed by atoms with van der Waals surface area (Å²) in [6, 6.07) is 12.8. The molecule has 0 radical (unpaired) electrons. The molecule has 0 atom stereocenters. The van der Waals surface area contributed by atoms with Crippen molar-refractivity contribution in [1.29, 1.82) is 5.26 Å². The number of carbonyl (C=O) groups is 1. The number of rotatable bonds is 1. The number of nitriles is 1. The number of nitrogens with one attached hydrogen (secondary N) is 1. The van der Waals surface area contributed by atoms with E-state index in [-0.39, 0.29) is 6.03 Å². The number of benzene rings is 2. The van der Waals surface area contributed by atoms with Crippen molar-refractivity contribution in [3.05, 3.63) is 59.4 Å². The van der Waals surface area contributed by atoms with E-state index in [1.807, 2.05) is 6.07 Å². The number of hydrogen-bond donors (Lipinski definition) is 1. The molecule has 1 aliphatic heterocycles. The van der Waals surface area contributed by atoms with Gasteiger partial charge in [0.2, 0.25) is 0 Å². The van der Waals surface area contributed by atoms with Gasteiger partial charge in [-0.05, 0) is 42.3 Å². The van der Waals surface area contributed by atoms with Gasteiger partial charge in [-0.15, -0.1) is 0 Å². The SMILES string of the molecule is N#Cc1ccc2c(c1)N(C(=O)Nc1cccc(F)c1)CC2. The summed E-state index contributed by atoms with van der Waals surface area (Å²) in [5.74, 6) is -0.401. The largest absolute Gasteiger partial charge is 0.326 e. The van der Waals surface area contributed by atoms with Crippen molar-refractivity contribution in [2.45, 2.75) is 6.42 Å². The molecule has 0 bridgehead atoms. The lowest BCUT2D eigenvalue weighted by atomic mass is 10.1. The van der Waals surface area contributed by atoms with Crippen molar-refractivity contribution >= 4 is 17.4 Å². The molecular formula is C16H12FN3O. The number of fused-ring (bicyclic) bond motifs is 1. The first-order valence-corrected chi connectivity index (χ1v) is 6.54. The lowest BCUT2D eigenvalue weighted by molar-refractivity contribution is 0.257. The molecule has 0 unspecified atom stereocenters. The van der Waals surface area contributed by atoms with Crippen LogP contribution in [0.4, 0.5) is 20.6 Å². The Morgan fingerprint density at radius 2 is 2.14 bits per heavy atom.